The summed E-state index contributed by atoms with van der Waals surface area (Å²) in [5.41, 5.74) is 5.78. The molecule has 2 nitrogen and oxygen atoms in total. The molecular weight excluding hydrogens is 270 g/mol. The van der Waals surface area contributed by atoms with Crippen LogP contribution in [0.25, 0.3) is 0 Å². The van der Waals surface area contributed by atoms with E-state index >= 15 is 0 Å². The van der Waals surface area contributed by atoms with E-state index in [1.54, 1.807) is 7.11 Å². The molecule has 2 aromatic carbocycles. The Hall–Kier alpha value is -1.80. The Morgan fingerprint density at radius 1 is 1.15 bits per heavy atom. The van der Waals surface area contributed by atoms with Gasteiger partial charge in [0.1, 0.15) is 5.75 Å². The predicted octanol–water partition coefficient (Wildman–Crippen LogP) is 4.05. The van der Waals surface area contributed by atoms with E-state index in [9.17, 15) is 0 Å². The fraction of sp³-hybridized carbons (Fsp3) is 0.235. The molecule has 2 aromatic rings. The fourth-order valence-corrected chi connectivity index (χ4v) is 2.77. The molecule has 0 spiro atoms. The lowest BCUT2D eigenvalue weighted by Gasteiger charge is -2.19. The lowest BCUT2D eigenvalue weighted by Crippen LogP contribution is -2.14. The molecule has 0 radical (unpaired) electrons. The quantitative estimate of drug-likeness (QED) is 0.816. The maximum Gasteiger partial charge on any atom is 0.138 e. The molecule has 0 N–H and O–H groups in total. The third kappa shape index (κ3) is 2.32. The van der Waals surface area contributed by atoms with Crippen molar-refractivity contribution in [1.82, 2.24) is 0 Å². The second-order valence-electron chi connectivity index (χ2n) is 4.99. The van der Waals surface area contributed by atoms with E-state index in [-0.39, 0.29) is 0 Å². The van der Waals surface area contributed by atoms with Crippen LogP contribution in [0.15, 0.2) is 41.4 Å². The van der Waals surface area contributed by atoms with Gasteiger partial charge in [-0.15, -0.1) is 0 Å². The Kier molecular flexibility index (Phi) is 3.49. The largest absolute Gasteiger partial charge is 0.495 e. The second kappa shape index (κ2) is 5.29. The summed E-state index contributed by atoms with van der Waals surface area (Å²) in [7, 11) is 1.64. The normalized spacial score (nSPS) is 13.7. The molecule has 1 aliphatic rings. The van der Waals surface area contributed by atoms with E-state index in [4.69, 9.17) is 21.3 Å². The van der Waals surface area contributed by atoms with E-state index in [1.807, 2.05) is 12.1 Å². The molecule has 0 aromatic heterocycles. The smallest absolute Gasteiger partial charge is 0.138 e. The summed E-state index contributed by atoms with van der Waals surface area (Å²) >= 11 is 6.21. The zero-order valence-corrected chi connectivity index (χ0v) is 12.4. The third-order valence-electron chi connectivity index (χ3n) is 3.61. The summed E-state index contributed by atoms with van der Waals surface area (Å²) in [5.74, 6) is 0.701. The van der Waals surface area contributed by atoms with Crippen LogP contribution < -0.4 is 4.74 Å². The van der Waals surface area contributed by atoms with Crippen LogP contribution in [-0.4, -0.2) is 19.4 Å². The van der Waals surface area contributed by atoms with Crippen molar-refractivity contribution in [1.29, 1.82) is 0 Å². The molecule has 0 fully saturated rings. The van der Waals surface area contributed by atoms with Gasteiger partial charge >= 0.3 is 0 Å². The average molecular weight is 286 g/mol. The lowest BCUT2D eigenvalue weighted by molar-refractivity contribution is 0.414. The molecule has 3 rings (SSSR count). The maximum atomic E-state index is 6.21. The van der Waals surface area contributed by atoms with Gasteiger partial charge in [-0.05, 0) is 31.0 Å². The van der Waals surface area contributed by atoms with Gasteiger partial charge in [0, 0.05) is 17.7 Å². The van der Waals surface area contributed by atoms with Gasteiger partial charge in [0.05, 0.1) is 17.8 Å². The topological polar surface area (TPSA) is 21.6 Å². The standard InChI is InChI=1S/C17H16ClNO/c1-11-3-5-12(6-4-11)17-14-10-16(20-2)15(18)9-13(14)7-8-19-17/h3-6,9-10H,7-8H2,1-2H3. The first-order chi connectivity index (χ1) is 9.69. The van der Waals surface area contributed by atoms with Crippen LogP contribution in [0.4, 0.5) is 0 Å². The molecule has 1 heterocycles. The molecule has 0 aliphatic carbocycles. The first-order valence-corrected chi connectivity index (χ1v) is 7.05. The molecule has 0 bridgehead atoms. The van der Waals surface area contributed by atoms with Crippen molar-refractivity contribution in [3.8, 4) is 5.75 Å². The minimum Gasteiger partial charge on any atom is -0.495 e. The van der Waals surface area contributed by atoms with Gasteiger partial charge in [-0.2, -0.15) is 0 Å². The molecule has 3 heteroatoms. The highest BCUT2D eigenvalue weighted by Crippen LogP contribution is 2.31. The van der Waals surface area contributed by atoms with Gasteiger partial charge < -0.3 is 4.74 Å². The molecule has 0 saturated carbocycles. The Bertz CT molecular complexity index is 674. The van der Waals surface area contributed by atoms with Crippen LogP contribution in [0.5, 0.6) is 5.75 Å². The SMILES string of the molecule is COc1cc2c(cc1Cl)CCN=C2c1ccc(C)cc1. The van der Waals surface area contributed by atoms with Crippen LogP contribution in [0.3, 0.4) is 0 Å². The summed E-state index contributed by atoms with van der Waals surface area (Å²) in [4.78, 5) is 4.69. The summed E-state index contributed by atoms with van der Waals surface area (Å²) < 4.78 is 5.33. The van der Waals surface area contributed by atoms with E-state index in [1.165, 1.54) is 11.1 Å². The third-order valence-corrected chi connectivity index (χ3v) is 3.90. The maximum absolute atomic E-state index is 6.21. The predicted molar refractivity (Wildman–Crippen MR) is 83.4 cm³/mol. The highest BCUT2D eigenvalue weighted by Gasteiger charge is 2.18. The summed E-state index contributed by atoms with van der Waals surface area (Å²) in [6.07, 6.45) is 0.925. The minimum absolute atomic E-state index is 0.663. The van der Waals surface area contributed by atoms with Crippen molar-refractivity contribution in [3.05, 3.63) is 63.7 Å². The number of aliphatic imine (C=N–C) groups is 1. The van der Waals surface area contributed by atoms with Gasteiger partial charge in [0.2, 0.25) is 0 Å². The Labute approximate surface area is 124 Å². The molecule has 0 unspecified atom stereocenters. The highest BCUT2D eigenvalue weighted by molar-refractivity contribution is 6.32. The number of halogens is 1. The van der Waals surface area contributed by atoms with Gasteiger partial charge in [0.25, 0.3) is 0 Å². The number of hydrogen-bond donors (Lipinski definition) is 0. The number of hydrogen-bond acceptors (Lipinski definition) is 2. The van der Waals surface area contributed by atoms with Gasteiger partial charge in [0.15, 0.2) is 0 Å². The number of rotatable bonds is 2. The Balaban J connectivity index is 2.12. The van der Waals surface area contributed by atoms with Crippen LogP contribution >= 0.6 is 11.6 Å². The zero-order valence-electron chi connectivity index (χ0n) is 11.6. The summed E-state index contributed by atoms with van der Waals surface area (Å²) in [5, 5.41) is 0.663. The van der Waals surface area contributed by atoms with Gasteiger partial charge in [-0.25, -0.2) is 0 Å². The second-order valence-corrected chi connectivity index (χ2v) is 5.40. The number of benzene rings is 2. The van der Waals surface area contributed by atoms with E-state index < -0.39 is 0 Å². The molecule has 1 aliphatic heterocycles. The van der Waals surface area contributed by atoms with Crippen molar-refractivity contribution in [3.63, 3.8) is 0 Å². The number of methoxy groups -OCH3 is 1. The van der Waals surface area contributed by atoms with Crippen molar-refractivity contribution >= 4 is 17.3 Å². The van der Waals surface area contributed by atoms with Crippen LogP contribution in [-0.2, 0) is 6.42 Å². The molecule has 0 atom stereocenters. The first-order valence-electron chi connectivity index (χ1n) is 6.67. The van der Waals surface area contributed by atoms with E-state index in [0.717, 1.165) is 29.8 Å². The van der Waals surface area contributed by atoms with Crippen LogP contribution in [0.2, 0.25) is 5.02 Å². The Morgan fingerprint density at radius 2 is 1.90 bits per heavy atom. The number of aryl methyl sites for hydroxylation is 1. The van der Waals surface area contributed by atoms with Crippen molar-refractivity contribution in [2.24, 2.45) is 4.99 Å². The van der Waals surface area contributed by atoms with E-state index in [2.05, 4.69) is 31.2 Å². The molecule has 20 heavy (non-hydrogen) atoms. The monoisotopic (exact) mass is 285 g/mol. The summed E-state index contributed by atoms with van der Waals surface area (Å²) in [6, 6.07) is 12.4. The van der Waals surface area contributed by atoms with Gasteiger partial charge in [-0.1, -0.05) is 41.4 Å². The lowest BCUT2D eigenvalue weighted by atomic mass is 9.93. The molecule has 102 valence electrons. The first kappa shape index (κ1) is 13.2. The molecule has 0 amide bonds. The van der Waals surface area contributed by atoms with Crippen molar-refractivity contribution < 1.29 is 4.74 Å². The number of ether oxygens (including phenoxy) is 1. The molecule has 0 saturated heterocycles. The van der Waals surface area contributed by atoms with Crippen molar-refractivity contribution in [2.75, 3.05) is 13.7 Å². The number of nitrogens with zero attached hydrogens (tertiary/aromatic N) is 1. The zero-order chi connectivity index (χ0) is 14.1. The minimum atomic E-state index is 0.663. The molecular formula is C17H16ClNO. The van der Waals surface area contributed by atoms with Crippen molar-refractivity contribution in [2.45, 2.75) is 13.3 Å². The highest BCUT2D eigenvalue weighted by atomic mass is 35.5. The van der Waals surface area contributed by atoms with Crippen LogP contribution in [0.1, 0.15) is 22.3 Å². The fourth-order valence-electron chi connectivity index (χ4n) is 2.51. The summed E-state index contributed by atoms with van der Waals surface area (Å²) in [6.45, 7) is 2.89. The van der Waals surface area contributed by atoms with Crippen LogP contribution in [0, 0.1) is 6.92 Å². The Morgan fingerprint density at radius 3 is 2.60 bits per heavy atom. The number of fused-ring (bicyclic) bond motifs is 1. The van der Waals surface area contributed by atoms with E-state index in [0.29, 0.717) is 10.8 Å². The average Bonchev–Trinajstić information content (AvgIpc) is 2.46. The van der Waals surface area contributed by atoms with Gasteiger partial charge in [-0.3, -0.25) is 4.99 Å².